The molecule has 1 aliphatic rings. The maximum Gasteiger partial charge on any atom is 0.131 e. The van der Waals surface area contributed by atoms with Crippen LogP contribution in [0.15, 0.2) is 30.3 Å². The molecule has 3 nitrogen and oxygen atoms in total. The fraction of sp³-hybridized carbons (Fsp3) is 0.588. The van der Waals surface area contributed by atoms with Crippen LogP contribution in [0.5, 0.6) is 0 Å². The second kappa shape index (κ2) is 6.51. The molecule has 1 fully saturated rings. The van der Waals surface area contributed by atoms with E-state index < -0.39 is 5.60 Å². The molecule has 0 amide bonds. The van der Waals surface area contributed by atoms with Crippen molar-refractivity contribution in [1.82, 2.24) is 4.90 Å². The zero-order chi connectivity index (χ0) is 14.6. The second-order valence-corrected chi connectivity index (χ2v) is 6.17. The Bertz CT molecular complexity index is 442. The van der Waals surface area contributed by atoms with E-state index >= 15 is 0 Å². The van der Waals surface area contributed by atoms with Crippen LogP contribution in [0.2, 0.25) is 0 Å². The molecular weight excluding hydrogens is 250 g/mol. The Morgan fingerprint density at radius 2 is 2.05 bits per heavy atom. The van der Waals surface area contributed by atoms with E-state index in [1.165, 1.54) is 6.42 Å². The molecule has 0 spiro atoms. The van der Waals surface area contributed by atoms with E-state index in [1.54, 1.807) is 6.92 Å². The van der Waals surface area contributed by atoms with Crippen LogP contribution < -0.4 is 0 Å². The molecular formula is C17H25NO2. The molecule has 1 aromatic rings. The molecule has 1 aliphatic heterocycles. The number of ketones is 1. The molecule has 1 aromatic carbocycles. The van der Waals surface area contributed by atoms with Crippen molar-refractivity contribution in [2.24, 2.45) is 0 Å². The molecule has 2 rings (SSSR count). The Kier molecular flexibility index (Phi) is 4.95. The molecule has 3 heteroatoms. The van der Waals surface area contributed by atoms with Crippen molar-refractivity contribution < 1.29 is 9.90 Å². The van der Waals surface area contributed by atoms with Gasteiger partial charge in [0.15, 0.2) is 0 Å². The van der Waals surface area contributed by atoms with Gasteiger partial charge in [0.25, 0.3) is 0 Å². The van der Waals surface area contributed by atoms with E-state index in [4.69, 9.17) is 0 Å². The minimum absolute atomic E-state index is 0.237. The molecule has 0 saturated carbocycles. The number of likely N-dealkylation sites (tertiary alicyclic amines) is 1. The normalized spacial score (nSPS) is 23.2. The molecule has 20 heavy (non-hydrogen) atoms. The van der Waals surface area contributed by atoms with Crippen LogP contribution in [0, 0.1) is 0 Å². The molecule has 2 atom stereocenters. The third-order valence-electron chi connectivity index (χ3n) is 4.18. The highest BCUT2D eigenvalue weighted by atomic mass is 16.3. The first-order valence-electron chi connectivity index (χ1n) is 7.50. The molecule has 0 aliphatic carbocycles. The first-order valence-corrected chi connectivity index (χ1v) is 7.50. The summed E-state index contributed by atoms with van der Waals surface area (Å²) in [7, 11) is 0. The Labute approximate surface area is 121 Å². The van der Waals surface area contributed by atoms with Crippen molar-refractivity contribution in [3.8, 4) is 0 Å². The van der Waals surface area contributed by atoms with Gasteiger partial charge in [0.05, 0.1) is 5.60 Å². The number of Topliss-reactive ketones (excluding diaryl/α,β-unsaturated/α-hetero) is 1. The van der Waals surface area contributed by atoms with Gasteiger partial charge in [-0.25, -0.2) is 0 Å². The van der Waals surface area contributed by atoms with Crippen molar-refractivity contribution >= 4 is 5.78 Å². The van der Waals surface area contributed by atoms with Crippen LogP contribution in [-0.4, -0.2) is 34.9 Å². The van der Waals surface area contributed by atoms with Gasteiger partial charge in [0.1, 0.15) is 5.78 Å². The van der Waals surface area contributed by atoms with E-state index in [1.807, 2.05) is 37.3 Å². The Morgan fingerprint density at radius 1 is 1.35 bits per heavy atom. The number of hydrogen-bond donors (Lipinski definition) is 1. The van der Waals surface area contributed by atoms with E-state index in [0.717, 1.165) is 24.9 Å². The lowest BCUT2D eigenvalue weighted by Crippen LogP contribution is -2.47. The number of hydrogen-bond acceptors (Lipinski definition) is 3. The molecule has 0 radical (unpaired) electrons. The number of carbonyl (C=O) groups excluding carboxylic acids is 1. The van der Waals surface area contributed by atoms with Gasteiger partial charge in [0, 0.05) is 19.0 Å². The summed E-state index contributed by atoms with van der Waals surface area (Å²) in [4.78, 5) is 13.7. The molecule has 1 N–H and O–H groups in total. The minimum atomic E-state index is -0.867. The van der Waals surface area contributed by atoms with Crippen LogP contribution >= 0.6 is 0 Å². The fourth-order valence-electron chi connectivity index (χ4n) is 3.12. The van der Waals surface area contributed by atoms with Crippen LogP contribution in [-0.2, 0) is 10.4 Å². The summed E-state index contributed by atoms with van der Waals surface area (Å²) in [5.74, 6) is 0.237. The number of nitrogens with zero attached hydrogens (tertiary/aromatic N) is 1. The summed E-state index contributed by atoms with van der Waals surface area (Å²) in [5.41, 5.74) is 0.0698. The van der Waals surface area contributed by atoms with Crippen LogP contribution in [0.25, 0.3) is 0 Å². The third-order valence-corrected chi connectivity index (χ3v) is 4.18. The predicted molar refractivity (Wildman–Crippen MR) is 80.5 cm³/mol. The summed E-state index contributed by atoms with van der Waals surface area (Å²) < 4.78 is 0. The Balaban J connectivity index is 2.07. The predicted octanol–water partition coefficient (Wildman–Crippen LogP) is 2.73. The van der Waals surface area contributed by atoms with Gasteiger partial charge in [-0.1, -0.05) is 36.8 Å². The Hall–Kier alpha value is -1.19. The number of carbonyl (C=O) groups is 1. The van der Waals surface area contributed by atoms with E-state index in [9.17, 15) is 9.90 Å². The zero-order valence-corrected chi connectivity index (χ0v) is 12.5. The van der Waals surface area contributed by atoms with Crippen LogP contribution in [0.4, 0.5) is 0 Å². The van der Waals surface area contributed by atoms with E-state index in [2.05, 4.69) is 4.90 Å². The minimum Gasteiger partial charge on any atom is -0.384 e. The highest BCUT2D eigenvalue weighted by molar-refractivity contribution is 5.76. The van der Waals surface area contributed by atoms with Gasteiger partial charge >= 0.3 is 0 Å². The first-order chi connectivity index (χ1) is 9.49. The summed E-state index contributed by atoms with van der Waals surface area (Å²) in [6.45, 7) is 5.08. The van der Waals surface area contributed by atoms with Gasteiger partial charge < -0.3 is 5.11 Å². The number of aliphatic hydroxyl groups is 1. The molecule has 2 unspecified atom stereocenters. The zero-order valence-electron chi connectivity index (χ0n) is 12.5. The van der Waals surface area contributed by atoms with Crippen molar-refractivity contribution in [2.45, 2.75) is 51.2 Å². The van der Waals surface area contributed by atoms with E-state index in [-0.39, 0.29) is 11.8 Å². The van der Waals surface area contributed by atoms with Gasteiger partial charge in [-0.3, -0.25) is 9.69 Å². The van der Waals surface area contributed by atoms with E-state index in [0.29, 0.717) is 13.0 Å². The van der Waals surface area contributed by atoms with Crippen LogP contribution in [0.3, 0.4) is 0 Å². The van der Waals surface area contributed by atoms with Gasteiger partial charge in [-0.15, -0.1) is 0 Å². The van der Waals surface area contributed by atoms with Gasteiger partial charge in [-0.2, -0.15) is 0 Å². The number of rotatable bonds is 5. The number of β-amino-alcohol motifs (C(OH)–C–C–N with tert-alkyl or cyclic N) is 1. The number of piperidine rings is 1. The molecule has 0 bridgehead atoms. The summed E-state index contributed by atoms with van der Waals surface area (Å²) in [6.07, 6.45) is 4.00. The lowest BCUT2D eigenvalue weighted by Gasteiger charge is -2.39. The smallest absolute Gasteiger partial charge is 0.131 e. The van der Waals surface area contributed by atoms with Crippen LogP contribution in [0.1, 0.15) is 45.1 Å². The standard InChI is InChI=1S/C17H25NO2/c1-14(19)12-16-10-6-7-11-18(16)13-17(2,20)15-8-4-3-5-9-15/h3-5,8-9,16,20H,6-7,10-13H2,1-2H3. The number of benzene rings is 1. The summed E-state index contributed by atoms with van der Waals surface area (Å²) >= 11 is 0. The Morgan fingerprint density at radius 3 is 2.70 bits per heavy atom. The highest BCUT2D eigenvalue weighted by Gasteiger charge is 2.31. The van der Waals surface area contributed by atoms with Gasteiger partial charge in [0.2, 0.25) is 0 Å². The van der Waals surface area contributed by atoms with Gasteiger partial charge in [-0.05, 0) is 38.8 Å². The maximum atomic E-state index is 11.4. The average Bonchev–Trinajstić information content (AvgIpc) is 2.41. The third kappa shape index (κ3) is 3.90. The first kappa shape index (κ1) is 15.2. The lowest BCUT2D eigenvalue weighted by atomic mass is 9.91. The quantitative estimate of drug-likeness (QED) is 0.898. The largest absolute Gasteiger partial charge is 0.384 e. The highest BCUT2D eigenvalue weighted by Crippen LogP contribution is 2.27. The SMILES string of the molecule is CC(=O)CC1CCCCN1CC(C)(O)c1ccccc1. The maximum absolute atomic E-state index is 11.4. The van der Waals surface area contributed by atoms with Crippen molar-refractivity contribution in [2.75, 3.05) is 13.1 Å². The summed E-state index contributed by atoms with van der Waals surface area (Å²) in [5, 5.41) is 10.8. The lowest BCUT2D eigenvalue weighted by molar-refractivity contribution is -0.119. The monoisotopic (exact) mass is 275 g/mol. The average molecular weight is 275 g/mol. The summed E-state index contributed by atoms with van der Waals surface area (Å²) in [6, 6.07) is 10.1. The molecule has 110 valence electrons. The van der Waals surface area contributed by atoms with Crippen molar-refractivity contribution in [3.05, 3.63) is 35.9 Å². The van der Waals surface area contributed by atoms with Crippen molar-refractivity contribution in [3.63, 3.8) is 0 Å². The molecule has 1 saturated heterocycles. The second-order valence-electron chi connectivity index (χ2n) is 6.17. The molecule has 0 aromatic heterocycles. The topological polar surface area (TPSA) is 40.5 Å². The fourth-order valence-corrected chi connectivity index (χ4v) is 3.12. The molecule has 1 heterocycles. The van der Waals surface area contributed by atoms with Crippen molar-refractivity contribution in [1.29, 1.82) is 0 Å².